The summed E-state index contributed by atoms with van der Waals surface area (Å²) in [5.74, 6) is -2.34. The van der Waals surface area contributed by atoms with E-state index in [2.05, 4.69) is 0 Å². The van der Waals surface area contributed by atoms with Crippen LogP contribution in [0.25, 0.3) is 10.9 Å². The van der Waals surface area contributed by atoms with Crippen LogP contribution in [0.3, 0.4) is 0 Å². The Morgan fingerprint density at radius 1 is 1.40 bits per heavy atom. The Morgan fingerprint density at radius 3 is 2.85 bits per heavy atom. The van der Waals surface area contributed by atoms with Crippen molar-refractivity contribution in [3.63, 3.8) is 0 Å². The van der Waals surface area contributed by atoms with Gasteiger partial charge in [-0.2, -0.15) is 0 Å². The molecule has 0 aliphatic carbocycles. The number of nitrogens with zero attached hydrogens (tertiary/aromatic N) is 1. The average molecular weight is 273 g/mol. The molecule has 2 heterocycles. The summed E-state index contributed by atoms with van der Waals surface area (Å²) < 4.78 is 1.60. The molecule has 5 nitrogen and oxygen atoms in total. The summed E-state index contributed by atoms with van der Waals surface area (Å²) in [5, 5.41) is 20.0. The van der Waals surface area contributed by atoms with Crippen LogP contribution < -0.4 is 5.56 Å². The minimum atomic E-state index is -1.11. The van der Waals surface area contributed by atoms with E-state index in [1.54, 1.807) is 10.6 Å². The molecule has 20 heavy (non-hydrogen) atoms. The molecule has 104 valence electrons. The predicted octanol–water partition coefficient (Wildman–Crippen LogP) is 1.84. The van der Waals surface area contributed by atoms with Crippen LogP contribution in [-0.4, -0.2) is 20.7 Å². The molecule has 0 saturated carbocycles. The molecular weight excluding hydrogens is 258 g/mol. The second kappa shape index (κ2) is 4.37. The second-order valence-corrected chi connectivity index (χ2v) is 5.20. The Balaban J connectivity index is 2.46. The van der Waals surface area contributed by atoms with E-state index in [0.717, 1.165) is 23.9 Å². The lowest BCUT2D eigenvalue weighted by Crippen LogP contribution is -2.30. The molecule has 0 fully saturated rings. The number of pyridine rings is 1. The molecule has 1 aliphatic rings. The zero-order chi connectivity index (χ0) is 14.4. The third-order valence-electron chi connectivity index (χ3n) is 4.01. The fourth-order valence-electron chi connectivity index (χ4n) is 2.95. The average Bonchev–Trinajstić information content (AvgIpc) is 2.44. The topological polar surface area (TPSA) is 79.5 Å². The van der Waals surface area contributed by atoms with E-state index in [1.807, 2.05) is 12.1 Å². The summed E-state index contributed by atoms with van der Waals surface area (Å²) in [4.78, 5) is 23.7. The van der Waals surface area contributed by atoms with E-state index < -0.39 is 17.4 Å². The molecule has 2 aromatic rings. The number of aryl methyl sites for hydroxylation is 2. The van der Waals surface area contributed by atoms with Crippen LogP contribution in [0, 0.1) is 0 Å². The molecule has 0 amide bonds. The van der Waals surface area contributed by atoms with Gasteiger partial charge in [-0.15, -0.1) is 0 Å². The van der Waals surface area contributed by atoms with E-state index in [4.69, 9.17) is 5.11 Å². The molecule has 1 aliphatic heterocycles. The van der Waals surface area contributed by atoms with Crippen molar-refractivity contribution in [2.75, 3.05) is 0 Å². The third kappa shape index (κ3) is 1.62. The van der Waals surface area contributed by atoms with Crippen molar-refractivity contribution >= 4 is 16.9 Å². The van der Waals surface area contributed by atoms with Gasteiger partial charge in [-0.25, -0.2) is 0 Å². The smallest absolute Gasteiger partial charge is 0.311 e. The fourth-order valence-corrected chi connectivity index (χ4v) is 2.95. The summed E-state index contributed by atoms with van der Waals surface area (Å²) >= 11 is 0. The van der Waals surface area contributed by atoms with E-state index >= 15 is 0 Å². The Kier molecular flexibility index (Phi) is 2.78. The lowest BCUT2D eigenvalue weighted by atomic mass is 9.95. The fraction of sp³-hybridized carbons (Fsp3) is 0.333. The van der Waals surface area contributed by atoms with Crippen molar-refractivity contribution in [1.82, 2.24) is 4.57 Å². The SMILES string of the molecule is CC(C(=O)O)c1c(O)c2cccc3c2n(c1=O)CCC3. The van der Waals surface area contributed by atoms with E-state index in [1.165, 1.54) is 6.92 Å². The quantitative estimate of drug-likeness (QED) is 0.875. The molecule has 1 aromatic carbocycles. The summed E-state index contributed by atoms with van der Waals surface area (Å²) in [6.45, 7) is 1.98. The first-order valence-electron chi connectivity index (χ1n) is 6.62. The van der Waals surface area contributed by atoms with Crippen molar-refractivity contribution in [3.8, 4) is 5.75 Å². The molecule has 0 saturated heterocycles. The Morgan fingerprint density at radius 2 is 2.15 bits per heavy atom. The molecule has 5 heteroatoms. The Bertz CT molecular complexity index is 776. The number of rotatable bonds is 2. The number of carbonyl (C=O) groups is 1. The lowest BCUT2D eigenvalue weighted by molar-refractivity contribution is -0.138. The number of carboxylic acids is 1. The van der Waals surface area contributed by atoms with Crippen molar-refractivity contribution in [3.05, 3.63) is 39.7 Å². The minimum Gasteiger partial charge on any atom is -0.507 e. The second-order valence-electron chi connectivity index (χ2n) is 5.20. The van der Waals surface area contributed by atoms with Gasteiger partial charge in [0.1, 0.15) is 5.75 Å². The molecule has 0 radical (unpaired) electrons. The number of aliphatic carboxylic acids is 1. The first kappa shape index (κ1) is 12.7. The summed E-state index contributed by atoms with van der Waals surface area (Å²) in [6.07, 6.45) is 1.71. The van der Waals surface area contributed by atoms with E-state index in [0.29, 0.717) is 11.9 Å². The first-order valence-corrected chi connectivity index (χ1v) is 6.62. The first-order chi connectivity index (χ1) is 9.52. The highest BCUT2D eigenvalue weighted by Crippen LogP contribution is 2.34. The van der Waals surface area contributed by atoms with Crippen LogP contribution in [0.15, 0.2) is 23.0 Å². The number of hydrogen-bond acceptors (Lipinski definition) is 3. The highest BCUT2D eigenvalue weighted by atomic mass is 16.4. The number of benzene rings is 1. The van der Waals surface area contributed by atoms with Gasteiger partial charge in [-0.1, -0.05) is 12.1 Å². The highest BCUT2D eigenvalue weighted by Gasteiger charge is 2.27. The van der Waals surface area contributed by atoms with E-state index in [9.17, 15) is 14.7 Å². The molecule has 1 unspecified atom stereocenters. The molecular formula is C15H15NO4. The zero-order valence-electron chi connectivity index (χ0n) is 11.1. The maximum absolute atomic E-state index is 12.5. The lowest BCUT2D eigenvalue weighted by Gasteiger charge is -2.22. The number of para-hydroxylation sites is 1. The van der Waals surface area contributed by atoms with Crippen LogP contribution in [0.4, 0.5) is 0 Å². The molecule has 1 atom stereocenters. The molecule has 0 bridgehead atoms. The third-order valence-corrected chi connectivity index (χ3v) is 4.01. The van der Waals surface area contributed by atoms with Gasteiger partial charge in [0.2, 0.25) is 0 Å². The Hall–Kier alpha value is -2.30. The molecule has 1 aromatic heterocycles. The van der Waals surface area contributed by atoms with Crippen LogP contribution >= 0.6 is 0 Å². The van der Waals surface area contributed by atoms with Crippen molar-refractivity contribution < 1.29 is 15.0 Å². The summed E-state index contributed by atoms with van der Waals surface area (Å²) in [5.41, 5.74) is 1.35. The maximum Gasteiger partial charge on any atom is 0.311 e. The van der Waals surface area contributed by atoms with Crippen molar-refractivity contribution in [2.45, 2.75) is 32.2 Å². The predicted molar refractivity (Wildman–Crippen MR) is 74.2 cm³/mol. The number of hydrogen-bond donors (Lipinski definition) is 2. The number of carboxylic acid groups (broad SMARTS) is 1. The van der Waals surface area contributed by atoms with Gasteiger partial charge >= 0.3 is 5.97 Å². The van der Waals surface area contributed by atoms with Crippen LogP contribution in [0.5, 0.6) is 5.75 Å². The van der Waals surface area contributed by atoms with Crippen molar-refractivity contribution in [2.24, 2.45) is 0 Å². The van der Waals surface area contributed by atoms with Gasteiger partial charge in [0.15, 0.2) is 0 Å². The monoisotopic (exact) mass is 273 g/mol. The van der Waals surface area contributed by atoms with Gasteiger partial charge in [0.05, 0.1) is 17.0 Å². The van der Waals surface area contributed by atoms with Gasteiger partial charge < -0.3 is 14.8 Å². The summed E-state index contributed by atoms with van der Waals surface area (Å²) in [6, 6.07) is 5.50. The largest absolute Gasteiger partial charge is 0.507 e. The van der Waals surface area contributed by atoms with Crippen LogP contribution in [0.2, 0.25) is 0 Å². The van der Waals surface area contributed by atoms with Gasteiger partial charge in [-0.3, -0.25) is 9.59 Å². The van der Waals surface area contributed by atoms with Gasteiger partial charge in [0.25, 0.3) is 5.56 Å². The maximum atomic E-state index is 12.5. The summed E-state index contributed by atoms with van der Waals surface area (Å²) in [7, 11) is 0. The van der Waals surface area contributed by atoms with Crippen molar-refractivity contribution in [1.29, 1.82) is 0 Å². The van der Waals surface area contributed by atoms with Crippen LogP contribution in [0.1, 0.15) is 30.4 Å². The molecule has 0 spiro atoms. The molecule has 2 N–H and O–H groups in total. The zero-order valence-corrected chi connectivity index (χ0v) is 11.1. The minimum absolute atomic E-state index is 0.0240. The normalized spacial score (nSPS) is 15.2. The van der Waals surface area contributed by atoms with Gasteiger partial charge in [-0.05, 0) is 31.4 Å². The highest BCUT2D eigenvalue weighted by molar-refractivity contribution is 5.91. The van der Waals surface area contributed by atoms with E-state index in [-0.39, 0.29) is 11.3 Å². The standard InChI is InChI=1S/C15H15NO4/c1-8(15(19)20)11-13(17)10-6-2-4-9-5-3-7-16(12(9)10)14(11)18/h2,4,6,8,17H,3,5,7H2,1H3,(H,19,20). The Labute approximate surface area is 115 Å². The van der Waals surface area contributed by atoms with Crippen LogP contribution in [-0.2, 0) is 17.8 Å². The number of aromatic hydroxyl groups is 1. The molecule has 3 rings (SSSR count). The van der Waals surface area contributed by atoms with Gasteiger partial charge in [0, 0.05) is 11.9 Å². The number of aromatic nitrogens is 1.